The average molecular weight is 889 g/mol. The number of hydrogen-bond donors (Lipinski definition) is 2. The van der Waals surface area contributed by atoms with Crippen molar-refractivity contribution < 1.29 is 43.7 Å². The van der Waals surface area contributed by atoms with Crippen molar-refractivity contribution in [2.75, 3.05) is 53.2 Å². The molecule has 14 nitrogen and oxygen atoms in total. The van der Waals surface area contributed by atoms with Crippen LogP contribution in [0.25, 0.3) is 10.8 Å². The van der Waals surface area contributed by atoms with Crippen LogP contribution in [0.1, 0.15) is 67.6 Å². The molecule has 4 aromatic carbocycles. The molecule has 4 aromatic rings. The number of aliphatic hydroxyl groups is 2. The first-order valence-electron chi connectivity index (χ1n) is 22.9. The van der Waals surface area contributed by atoms with E-state index < -0.39 is 28.8 Å². The third-order valence-electron chi connectivity index (χ3n) is 13.4. The number of rotatable bonds is 22. The smallest absolute Gasteiger partial charge is 0.410 e. The number of aliphatic hydroxyl groups excluding tert-OH is 2. The van der Waals surface area contributed by atoms with Crippen molar-refractivity contribution in [3.8, 4) is 11.5 Å². The maximum Gasteiger partial charge on any atom is 0.410 e. The number of allylic oxidation sites excluding steroid dienone is 1. The van der Waals surface area contributed by atoms with E-state index in [0.717, 1.165) is 78.5 Å². The number of nitro benzene ring substituents is 1. The minimum atomic E-state index is -1.49. The summed E-state index contributed by atoms with van der Waals surface area (Å²) in [5, 5.41) is 38.3. The van der Waals surface area contributed by atoms with Crippen LogP contribution >= 0.6 is 0 Å². The second-order valence-corrected chi connectivity index (χ2v) is 17.4. The van der Waals surface area contributed by atoms with E-state index in [-0.39, 0.29) is 62.8 Å². The highest BCUT2D eigenvalue weighted by molar-refractivity contribution is 6.03. The molecular formula is C51H60N4O10. The van der Waals surface area contributed by atoms with E-state index in [0.29, 0.717) is 36.5 Å². The van der Waals surface area contributed by atoms with E-state index in [1.54, 1.807) is 23.1 Å². The maximum absolute atomic E-state index is 14.5. The first kappa shape index (κ1) is 45.8. The molecule has 0 bridgehead atoms. The van der Waals surface area contributed by atoms with Crippen LogP contribution in [0.3, 0.4) is 0 Å². The van der Waals surface area contributed by atoms with E-state index >= 15 is 0 Å². The van der Waals surface area contributed by atoms with Crippen molar-refractivity contribution in [1.29, 1.82) is 0 Å². The van der Waals surface area contributed by atoms with Crippen molar-refractivity contribution in [3.63, 3.8) is 0 Å². The Morgan fingerprint density at radius 2 is 1.78 bits per heavy atom. The molecule has 4 aliphatic rings. The zero-order valence-corrected chi connectivity index (χ0v) is 37.1. The Bertz CT molecular complexity index is 2360. The summed E-state index contributed by atoms with van der Waals surface area (Å²) < 4.78 is 26.6. The molecule has 1 amide bonds. The van der Waals surface area contributed by atoms with Crippen LogP contribution in [0.4, 0.5) is 10.5 Å². The first-order valence-corrected chi connectivity index (χ1v) is 22.9. The molecule has 14 heteroatoms. The van der Waals surface area contributed by atoms with Crippen LogP contribution in [-0.2, 0) is 27.5 Å². The number of hydrogen-bond acceptors (Lipinski definition) is 12. The molecule has 2 aliphatic heterocycles. The summed E-state index contributed by atoms with van der Waals surface area (Å²) in [4.78, 5) is 35.7. The number of unbranched alkanes of at least 4 members (excludes halogenated alkanes) is 2. The van der Waals surface area contributed by atoms with Gasteiger partial charge in [-0.2, -0.15) is 0 Å². The van der Waals surface area contributed by atoms with E-state index in [2.05, 4.69) is 23.6 Å². The quantitative estimate of drug-likeness (QED) is 0.0255. The van der Waals surface area contributed by atoms with Gasteiger partial charge in [0.15, 0.2) is 0 Å². The van der Waals surface area contributed by atoms with Gasteiger partial charge in [0.25, 0.3) is 5.69 Å². The lowest BCUT2D eigenvalue weighted by atomic mass is 9.55. The molecule has 65 heavy (non-hydrogen) atoms. The van der Waals surface area contributed by atoms with Gasteiger partial charge in [0.1, 0.15) is 30.8 Å². The fourth-order valence-corrected chi connectivity index (χ4v) is 10.3. The van der Waals surface area contributed by atoms with Crippen molar-refractivity contribution in [1.82, 2.24) is 9.80 Å². The summed E-state index contributed by atoms with van der Waals surface area (Å²) in [6.45, 7) is 8.06. The van der Waals surface area contributed by atoms with Gasteiger partial charge in [0.2, 0.25) is 5.79 Å². The van der Waals surface area contributed by atoms with Gasteiger partial charge in [0.05, 0.1) is 36.8 Å². The molecule has 6 atom stereocenters. The van der Waals surface area contributed by atoms with Crippen LogP contribution in [0.5, 0.6) is 11.5 Å². The van der Waals surface area contributed by atoms with E-state index in [1.807, 2.05) is 54.6 Å². The second-order valence-electron chi connectivity index (χ2n) is 17.4. The summed E-state index contributed by atoms with van der Waals surface area (Å²) in [6, 6.07) is 25.5. The lowest BCUT2D eigenvalue weighted by molar-refractivity contribution is -0.384. The maximum atomic E-state index is 14.5. The second kappa shape index (κ2) is 21.0. The summed E-state index contributed by atoms with van der Waals surface area (Å²) in [7, 11) is 1.38. The van der Waals surface area contributed by atoms with Gasteiger partial charge < -0.3 is 34.0 Å². The van der Waals surface area contributed by atoms with Gasteiger partial charge in [-0.15, -0.1) is 6.58 Å². The summed E-state index contributed by atoms with van der Waals surface area (Å²) in [6.07, 6.45) is 8.05. The van der Waals surface area contributed by atoms with Gasteiger partial charge in [-0.25, -0.2) is 4.79 Å². The number of ether oxygens (including phenoxy) is 4. The van der Waals surface area contributed by atoms with E-state index in [1.165, 1.54) is 19.2 Å². The van der Waals surface area contributed by atoms with Crippen molar-refractivity contribution in [3.05, 3.63) is 136 Å². The Hall–Kier alpha value is -5.80. The van der Waals surface area contributed by atoms with Gasteiger partial charge in [0, 0.05) is 62.9 Å². The Labute approximate surface area is 380 Å². The number of methoxy groups -OCH3 is 1. The number of benzene rings is 4. The van der Waals surface area contributed by atoms with Crippen LogP contribution in [0.2, 0.25) is 0 Å². The predicted molar refractivity (Wildman–Crippen MR) is 247 cm³/mol. The standard InChI is InChI=1S/C51H60N4O10/c1-3-28-63-51-47(54(50(58)61-2)33-38-14-10-13-36-11-4-5-15-41(36)38)32-45(52-64-34-35-17-19-39(20-18-35)55(59)60)43-30-37(12-6-8-26-56)42(16-7-9-27-57)48(49(43)51)44-31-40(21-22-46(44)65-51)62-29-25-53-23-24-53/h3-5,10-11,13-15,17-22,30-31,37,42,47-49,56-57H,1,6-9,12,16,23-29,32-34H2,2H3. The number of non-ortho nitro benzene ring substituents is 1. The number of oxime groups is 1. The molecule has 6 unspecified atom stereocenters. The lowest BCUT2D eigenvalue weighted by Crippen LogP contribution is -2.70. The number of amides is 1. The zero-order chi connectivity index (χ0) is 45.3. The molecule has 1 saturated carbocycles. The minimum Gasteiger partial charge on any atom is -0.492 e. The molecule has 0 radical (unpaired) electrons. The normalized spacial score (nSPS) is 23.7. The SMILES string of the molecule is C=CCOC12Oc3ccc(OCCN4CC4)cc3C3C(CCCCO)C(CCCCO)C=C(C(=NOCc4ccc([N+](=O)[O-])cc4)CC1N(Cc1cccc4ccccc14)C(=O)OC)C32. The van der Waals surface area contributed by atoms with E-state index in [9.17, 15) is 25.1 Å². The Kier molecular flexibility index (Phi) is 14.8. The fraction of sp³-hybridized carbons (Fsp3) is 0.451. The molecule has 344 valence electrons. The molecule has 0 spiro atoms. The third-order valence-corrected chi connectivity index (χ3v) is 13.4. The predicted octanol–water partition coefficient (Wildman–Crippen LogP) is 8.54. The average Bonchev–Trinajstić information content (AvgIpc) is 4.16. The van der Waals surface area contributed by atoms with Gasteiger partial charge in [-0.3, -0.25) is 19.9 Å². The molecule has 2 N–H and O–H groups in total. The monoisotopic (exact) mass is 888 g/mol. The molecular weight excluding hydrogens is 829 g/mol. The number of fused-ring (bicyclic) bond motifs is 3. The van der Waals surface area contributed by atoms with Crippen LogP contribution in [0, 0.1) is 27.9 Å². The van der Waals surface area contributed by atoms with Crippen LogP contribution in [-0.4, -0.2) is 102 Å². The van der Waals surface area contributed by atoms with Crippen LogP contribution < -0.4 is 9.47 Å². The van der Waals surface area contributed by atoms with Gasteiger partial charge in [-0.05, 0) is 95.3 Å². The van der Waals surface area contributed by atoms with E-state index in [4.69, 9.17) is 28.9 Å². The lowest BCUT2D eigenvalue weighted by Gasteiger charge is -2.59. The topological polar surface area (TPSA) is 165 Å². The zero-order valence-electron chi connectivity index (χ0n) is 37.1. The molecule has 2 fully saturated rings. The molecule has 8 rings (SSSR count). The summed E-state index contributed by atoms with van der Waals surface area (Å²) >= 11 is 0. The Morgan fingerprint density at radius 1 is 1.02 bits per heavy atom. The first-order chi connectivity index (χ1) is 31.8. The highest BCUT2D eigenvalue weighted by atomic mass is 16.7. The summed E-state index contributed by atoms with van der Waals surface area (Å²) in [5.74, 6) is -0.826. The van der Waals surface area contributed by atoms with Crippen molar-refractivity contribution in [2.24, 2.45) is 22.9 Å². The van der Waals surface area contributed by atoms with Gasteiger partial charge in [-0.1, -0.05) is 72.6 Å². The number of nitrogens with zero attached hydrogens (tertiary/aromatic N) is 4. The Balaban J connectivity index is 1.31. The fourth-order valence-electron chi connectivity index (χ4n) is 10.3. The highest BCUT2D eigenvalue weighted by Gasteiger charge is 2.65. The van der Waals surface area contributed by atoms with Crippen LogP contribution in [0.15, 0.2) is 114 Å². The minimum absolute atomic E-state index is 0.0221. The summed E-state index contributed by atoms with van der Waals surface area (Å²) in [5.41, 5.74) is 4.06. The number of nitro groups is 1. The van der Waals surface area contributed by atoms with Crippen molar-refractivity contribution >= 4 is 28.3 Å². The number of carbonyl (C=O) groups is 1. The Morgan fingerprint density at radius 3 is 2.52 bits per heavy atom. The molecule has 2 heterocycles. The highest BCUT2D eigenvalue weighted by Crippen LogP contribution is 2.62. The molecule has 2 aliphatic carbocycles. The molecule has 1 saturated heterocycles. The largest absolute Gasteiger partial charge is 0.492 e. The van der Waals surface area contributed by atoms with Gasteiger partial charge >= 0.3 is 6.09 Å². The molecule has 0 aromatic heterocycles. The number of carbonyl (C=O) groups excluding carboxylic acids is 1. The van der Waals surface area contributed by atoms with Crippen molar-refractivity contribution in [2.45, 2.75) is 75.8 Å². The third kappa shape index (κ3) is 10.1.